The van der Waals surface area contributed by atoms with E-state index in [2.05, 4.69) is 20.3 Å². The van der Waals surface area contributed by atoms with Gasteiger partial charge in [-0.05, 0) is 63.1 Å². The Balaban J connectivity index is 1.06. The van der Waals surface area contributed by atoms with Crippen LogP contribution in [0.5, 0.6) is 5.19 Å². The lowest BCUT2D eigenvalue weighted by Gasteiger charge is -2.32. The Labute approximate surface area is 207 Å². The Morgan fingerprint density at radius 1 is 1.29 bits per heavy atom. The van der Waals surface area contributed by atoms with Crippen LogP contribution in [-0.4, -0.2) is 57.7 Å². The number of carbonyl (C=O) groups excluding carboxylic acids is 1. The van der Waals surface area contributed by atoms with Crippen molar-refractivity contribution in [3.63, 3.8) is 0 Å². The Morgan fingerprint density at radius 3 is 2.91 bits per heavy atom. The van der Waals surface area contributed by atoms with Gasteiger partial charge < -0.3 is 10.1 Å². The van der Waals surface area contributed by atoms with Crippen molar-refractivity contribution >= 4 is 28.1 Å². The minimum absolute atomic E-state index is 0.0173. The lowest BCUT2D eigenvalue weighted by Crippen LogP contribution is -2.38. The summed E-state index contributed by atoms with van der Waals surface area (Å²) in [4.78, 5) is 20.9. The number of nitrogens with one attached hydrogen (secondary N) is 1. The summed E-state index contributed by atoms with van der Waals surface area (Å²) in [5.74, 6) is 0.642. The fourth-order valence-corrected chi connectivity index (χ4v) is 6.13. The van der Waals surface area contributed by atoms with E-state index in [1.54, 1.807) is 10.9 Å². The summed E-state index contributed by atoms with van der Waals surface area (Å²) in [5, 5.41) is 8.77. The van der Waals surface area contributed by atoms with Crippen LogP contribution in [0.3, 0.4) is 0 Å². The van der Waals surface area contributed by atoms with Gasteiger partial charge in [0.2, 0.25) is 0 Å². The molecule has 2 aromatic heterocycles. The lowest BCUT2D eigenvalue weighted by atomic mass is 9.84. The first kappa shape index (κ1) is 24.1. The molecular weight excluding hydrogens is 472 g/mol. The highest BCUT2D eigenvalue weighted by Gasteiger charge is 2.26. The van der Waals surface area contributed by atoms with E-state index in [0.717, 1.165) is 79.6 Å². The van der Waals surface area contributed by atoms with Crippen LogP contribution in [0.15, 0.2) is 24.4 Å². The van der Waals surface area contributed by atoms with Gasteiger partial charge in [-0.3, -0.25) is 14.4 Å². The van der Waals surface area contributed by atoms with Crippen molar-refractivity contribution < 1.29 is 18.3 Å². The molecule has 0 radical (unpaired) electrons. The van der Waals surface area contributed by atoms with Gasteiger partial charge in [-0.25, -0.2) is 13.8 Å². The highest BCUT2D eigenvalue weighted by Crippen LogP contribution is 2.32. The summed E-state index contributed by atoms with van der Waals surface area (Å²) in [7, 11) is 1.88. The Morgan fingerprint density at radius 2 is 2.11 bits per heavy atom. The summed E-state index contributed by atoms with van der Waals surface area (Å²) in [6, 6.07) is 5.96. The molecule has 35 heavy (non-hydrogen) atoms. The molecule has 0 saturated heterocycles. The molecule has 5 rings (SSSR count). The van der Waals surface area contributed by atoms with Crippen molar-refractivity contribution in [3.05, 3.63) is 40.5 Å². The van der Waals surface area contributed by atoms with Gasteiger partial charge in [0, 0.05) is 36.4 Å². The van der Waals surface area contributed by atoms with Crippen molar-refractivity contribution in [1.29, 1.82) is 0 Å². The normalized spacial score (nSPS) is 20.8. The second kappa shape index (κ2) is 10.6. The lowest BCUT2D eigenvalue weighted by molar-refractivity contribution is 0.0815. The zero-order chi connectivity index (χ0) is 24.4. The molecule has 0 bridgehead atoms. The number of thiazole rings is 1. The van der Waals surface area contributed by atoms with Crippen LogP contribution in [0, 0.1) is 5.92 Å². The van der Waals surface area contributed by atoms with Crippen LogP contribution < -0.4 is 10.1 Å². The highest BCUT2D eigenvalue weighted by molar-refractivity contribution is 7.13. The number of halogens is 2. The number of carbonyl (C=O) groups is 1. The molecule has 1 aromatic carbocycles. The van der Waals surface area contributed by atoms with E-state index in [1.165, 1.54) is 11.3 Å². The van der Waals surface area contributed by atoms with Gasteiger partial charge in [-0.2, -0.15) is 5.10 Å². The summed E-state index contributed by atoms with van der Waals surface area (Å²) < 4.78 is 31.7. The maximum Gasteiger partial charge on any atom is 0.273 e. The molecule has 1 N–H and O–H groups in total. The fourth-order valence-electron chi connectivity index (χ4n) is 5.22. The van der Waals surface area contributed by atoms with E-state index in [1.807, 2.05) is 25.2 Å². The minimum atomic E-state index is -2.48. The average molecular weight is 504 g/mol. The average Bonchev–Trinajstić information content (AvgIpc) is 3.45. The first-order chi connectivity index (χ1) is 17.0. The summed E-state index contributed by atoms with van der Waals surface area (Å²) in [6.45, 7) is 2.14. The second-order valence-corrected chi connectivity index (χ2v) is 10.6. The maximum atomic E-state index is 12.9. The number of hydrogen-bond donors (Lipinski definition) is 1. The number of aryl methyl sites for hydroxylation is 1. The van der Waals surface area contributed by atoms with Crippen molar-refractivity contribution in [2.24, 2.45) is 13.0 Å². The van der Waals surface area contributed by atoms with Crippen molar-refractivity contribution in [3.8, 4) is 5.19 Å². The molecule has 2 aliphatic rings. The molecule has 10 heteroatoms. The van der Waals surface area contributed by atoms with Gasteiger partial charge in [0.05, 0.1) is 23.0 Å². The molecule has 0 atom stereocenters. The molecule has 1 fully saturated rings. The number of amides is 1. The maximum absolute atomic E-state index is 12.9. The van der Waals surface area contributed by atoms with Gasteiger partial charge in [-0.1, -0.05) is 17.4 Å². The molecule has 3 heterocycles. The zero-order valence-electron chi connectivity index (χ0n) is 19.9. The summed E-state index contributed by atoms with van der Waals surface area (Å²) >= 11 is 1.40. The van der Waals surface area contributed by atoms with E-state index in [9.17, 15) is 13.6 Å². The smallest absolute Gasteiger partial charge is 0.273 e. The van der Waals surface area contributed by atoms with E-state index < -0.39 is 13.0 Å². The quantitative estimate of drug-likeness (QED) is 0.493. The van der Waals surface area contributed by atoms with Crippen LogP contribution >= 0.6 is 11.3 Å². The standard InChI is InChI=1S/C25H31F2N5O2S/c1-31-21-4-2-3-18(19(21)13-28-31)24(33)29-17-7-5-16(6-8-17)9-11-32-12-10-22-20(14-32)30-25(35-22)34-15-23(26)27/h2-4,13,16-17,23H,5-12,14-15H2,1H3,(H,29,33). The predicted octanol–water partition coefficient (Wildman–Crippen LogP) is 4.41. The van der Waals surface area contributed by atoms with E-state index in [-0.39, 0.29) is 11.9 Å². The Kier molecular flexibility index (Phi) is 7.29. The molecule has 0 spiro atoms. The van der Waals surface area contributed by atoms with Crippen LogP contribution in [0.2, 0.25) is 0 Å². The monoisotopic (exact) mass is 503 g/mol. The third-order valence-electron chi connectivity index (χ3n) is 7.19. The third kappa shape index (κ3) is 5.64. The Bertz CT molecular complexity index is 1170. The predicted molar refractivity (Wildman–Crippen MR) is 131 cm³/mol. The summed E-state index contributed by atoms with van der Waals surface area (Å²) in [6.07, 6.45) is 5.53. The van der Waals surface area contributed by atoms with Crippen molar-refractivity contribution in [2.45, 2.75) is 57.5 Å². The van der Waals surface area contributed by atoms with E-state index >= 15 is 0 Å². The molecule has 0 unspecified atom stereocenters. The summed E-state index contributed by atoms with van der Waals surface area (Å²) in [5.41, 5.74) is 2.62. The molecule has 188 valence electrons. The molecule has 1 aliphatic carbocycles. The number of rotatable bonds is 8. The largest absolute Gasteiger partial charge is 0.464 e. The minimum Gasteiger partial charge on any atom is -0.464 e. The topological polar surface area (TPSA) is 72.3 Å². The highest BCUT2D eigenvalue weighted by atomic mass is 32.1. The van der Waals surface area contributed by atoms with Gasteiger partial charge in [-0.15, -0.1) is 0 Å². The van der Waals surface area contributed by atoms with Gasteiger partial charge in [0.15, 0.2) is 6.61 Å². The number of aromatic nitrogens is 3. The first-order valence-corrected chi connectivity index (χ1v) is 13.1. The van der Waals surface area contributed by atoms with E-state index in [4.69, 9.17) is 4.74 Å². The van der Waals surface area contributed by atoms with Crippen molar-refractivity contribution in [1.82, 2.24) is 25.0 Å². The third-order valence-corrected chi connectivity index (χ3v) is 8.26. The second-order valence-electron chi connectivity index (χ2n) is 9.56. The molecule has 1 amide bonds. The number of ether oxygens (including phenoxy) is 1. The molecule has 1 aliphatic heterocycles. The number of fused-ring (bicyclic) bond motifs is 2. The Hall–Kier alpha value is -2.59. The van der Waals surface area contributed by atoms with Crippen LogP contribution in [0.25, 0.3) is 10.9 Å². The molecular formula is C25H31F2N5O2S. The molecule has 3 aromatic rings. The van der Waals surface area contributed by atoms with Crippen LogP contribution in [-0.2, 0) is 20.0 Å². The van der Waals surface area contributed by atoms with Gasteiger partial charge in [0.1, 0.15) is 0 Å². The zero-order valence-corrected chi connectivity index (χ0v) is 20.7. The van der Waals surface area contributed by atoms with Crippen LogP contribution in [0.4, 0.5) is 8.78 Å². The first-order valence-electron chi connectivity index (χ1n) is 12.3. The van der Waals surface area contributed by atoms with Crippen molar-refractivity contribution in [2.75, 3.05) is 19.7 Å². The van der Waals surface area contributed by atoms with Crippen LogP contribution in [0.1, 0.15) is 53.0 Å². The SMILES string of the molecule is Cn1ncc2c(C(=O)NC3CCC(CCN4CCc5sc(OCC(F)F)nc5C4)CC3)cccc21. The van der Waals surface area contributed by atoms with E-state index in [0.29, 0.717) is 16.7 Å². The molecule has 1 saturated carbocycles. The van der Waals surface area contributed by atoms with Gasteiger partial charge >= 0.3 is 0 Å². The van der Waals surface area contributed by atoms with Gasteiger partial charge in [0.25, 0.3) is 17.5 Å². The molecule has 7 nitrogen and oxygen atoms in total. The number of benzene rings is 1. The number of hydrogen-bond acceptors (Lipinski definition) is 6. The number of alkyl halides is 2. The fraction of sp³-hybridized carbons (Fsp3) is 0.560. The number of nitrogens with zero attached hydrogens (tertiary/aromatic N) is 4.